The van der Waals surface area contributed by atoms with Crippen molar-refractivity contribution < 1.29 is 37.2 Å². The van der Waals surface area contributed by atoms with E-state index in [9.17, 15) is 32.9 Å². The summed E-state index contributed by atoms with van der Waals surface area (Å²) in [5, 5.41) is 13.3. The molecule has 0 radical (unpaired) electrons. The van der Waals surface area contributed by atoms with E-state index >= 15 is 0 Å². The fourth-order valence-corrected chi connectivity index (χ4v) is 2.23. The third-order valence-electron chi connectivity index (χ3n) is 3.74. The van der Waals surface area contributed by atoms with Crippen LogP contribution in [0.1, 0.15) is 22.8 Å². The Hall–Kier alpha value is -3.63. The first kappa shape index (κ1) is 21.7. The number of esters is 1. The molecule has 0 fully saturated rings. The summed E-state index contributed by atoms with van der Waals surface area (Å²) >= 11 is 0. The average Bonchev–Trinajstić information content (AvgIpc) is 2.66. The smallest absolute Gasteiger partial charge is 0.416 e. The van der Waals surface area contributed by atoms with Crippen LogP contribution in [0.5, 0.6) is 5.75 Å². The molecule has 0 saturated carbocycles. The second kappa shape index (κ2) is 8.59. The lowest BCUT2D eigenvalue weighted by Gasteiger charge is -2.14. The number of carbonyl (C=O) groups excluding carboxylic acids is 2. The number of nitrogens with one attached hydrogen (secondary N) is 1. The maximum atomic E-state index is 12.5. The number of carbonyl (C=O) groups is 2. The van der Waals surface area contributed by atoms with Crippen molar-refractivity contribution in [2.24, 2.45) is 0 Å². The Kier molecular flexibility index (Phi) is 6.42. The van der Waals surface area contributed by atoms with Crippen molar-refractivity contribution in [1.82, 2.24) is 0 Å². The van der Waals surface area contributed by atoms with Gasteiger partial charge in [0.1, 0.15) is 0 Å². The molecule has 0 aliphatic heterocycles. The summed E-state index contributed by atoms with van der Waals surface area (Å²) in [7, 11) is 1.23. The van der Waals surface area contributed by atoms with Crippen molar-refractivity contribution in [3.8, 4) is 5.75 Å². The fraction of sp³-hybridized carbons (Fsp3) is 0.222. The highest BCUT2D eigenvalue weighted by atomic mass is 19.4. The van der Waals surface area contributed by atoms with Crippen LogP contribution in [0.2, 0.25) is 0 Å². The maximum Gasteiger partial charge on any atom is 0.416 e. The average molecular weight is 412 g/mol. The number of hydrogen-bond donors (Lipinski definition) is 1. The monoisotopic (exact) mass is 412 g/mol. The van der Waals surface area contributed by atoms with Crippen LogP contribution in [0.15, 0.2) is 42.5 Å². The number of halogens is 3. The molecule has 1 amide bonds. The largest absolute Gasteiger partial charge is 0.490 e. The Labute approximate surface area is 162 Å². The van der Waals surface area contributed by atoms with Crippen LogP contribution in [0, 0.1) is 10.1 Å². The molecule has 2 rings (SSSR count). The number of hydrogen-bond acceptors (Lipinski definition) is 6. The molecule has 0 bridgehead atoms. The predicted molar refractivity (Wildman–Crippen MR) is 94.6 cm³/mol. The second-order valence-electron chi connectivity index (χ2n) is 5.76. The summed E-state index contributed by atoms with van der Waals surface area (Å²) < 4.78 is 47.4. The molecule has 2 aromatic carbocycles. The Morgan fingerprint density at radius 2 is 1.76 bits per heavy atom. The van der Waals surface area contributed by atoms with E-state index in [0.29, 0.717) is 0 Å². The van der Waals surface area contributed by atoms with Gasteiger partial charge in [0.25, 0.3) is 5.91 Å². The van der Waals surface area contributed by atoms with Crippen LogP contribution in [0.3, 0.4) is 0 Å². The molecule has 1 atom stereocenters. The van der Waals surface area contributed by atoms with Crippen LogP contribution < -0.4 is 10.1 Å². The van der Waals surface area contributed by atoms with E-state index in [-0.39, 0.29) is 17.0 Å². The zero-order valence-electron chi connectivity index (χ0n) is 15.1. The van der Waals surface area contributed by atoms with Crippen LogP contribution in [0.25, 0.3) is 0 Å². The van der Waals surface area contributed by atoms with E-state index in [1.165, 1.54) is 26.2 Å². The molecule has 0 unspecified atom stereocenters. The minimum atomic E-state index is -4.51. The molecule has 2 aromatic rings. The number of anilines is 1. The van der Waals surface area contributed by atoms with Crippen molar-refractivity contribution in [2.45, 2.75) is 19.2 Å². The topological polar surface area (TPSA) is 108 Å². The summed E-state index contributed by atoms with van der Waals surface area (Å²) in [6.07, 6.45) is -5.82. The number of methoxy groups -OCH3 is 1. The summed E-state index contributed by atoms with van der Waals surface area (Å²) in [6, 6.07) is 7.09. The van der Waals surface area contributed by atoms with Crippen molar-refractivity contribution in [2.75, 3.05) is 12.4 Å². The van der Waals surface area contributed by atoms with Crippen molar-refractivity contribution in [3.63, 3.8) is 0 Å². The molecule has 154 valence electrons. The minimum Gasteiger partial charge on any atom is -0.490 e. The van der Waals surface area contributed by atoms with E-state index < -0.39 is 40.3 Å². The van der Waals surface area contributed by atoms with E-state index in [1.54, 1.807) is 0 Å². The van der Waals surface area contributed by atoms with Crippen LogP contribution in [-0.2, 0) is 15.7 Å². The van der Waals surface area contributed by atoms with E-state index in [2.05, 4.69) is 5.32 Å². The molecule has 0 heterocycles. The first-order chi connectivity index (χ1) is 13.5. The van der Waals surface area contributed by atoms with E-state index in [1.807, 2.05) is 0 Å². The van der Waals surface area contributed by atoms with Crippen LogP contribution in [-0.4, -0.2) is 30.0 Å². The summed E-state index contributed by atoms with van der Waals surface area (Å²) in [4.78, 5) is 34.5. The van der Waals surface area contributed by atoms with Gasteiger partial charge in [-0.3, -0.25) is 14.9 Å². The normalized spacial score (nSPS) is 12.0. The highest BCUT2D eigenvalue weighted by molar-refractivity contribution is 5.97. The van der Waals surface area contributed by atoms with Crippen LogP contribution in [0.4, 0.5) is 24.5 Å². The molecule has 11 heteroatoms. The first-order valence-corrected chi connectivity index (χ1v) is 8.04. The maximum absolute atomic E-state index is 12.5. The number of nitro groups is 1. The lowest BCUT2D eigenvalue weighted by atomic mass is 10.2. The Morgan fingerprint density at radius 3 is 2.28 bits per heavy atom. The molecule has 0 aliphatic rings. The van der Waals surface area contributed by atoms with Gasteiger partial charge in [-0.1, -0.05) is 0 Å². The third kappa shape index (κ3) is 5.43. The van der Waals surface area contributed by atoms with Crippen molar-refractivity contribution >= 4 is 23.3 Å². The Bertz CT molecular complexity index is 928. The first-order valence-electron chi connectivity index (χ1n) is 8.04. The van der Waals surface area contributed by atoms with Crippen molar-refractivity contribution in [1.29, 1.82) is 0 Å². The highest BCUT2D eigenvalue weighted by Gasteiger charge is 2.30. The number of rotatable bonds is 6. The molecular formula is C18H15F3N2O6. The molecule has 0 aromatic heterocycles. The number of ether oxygens (including phenoxy) is 2. The van der Waals surface area contributed by atoms with Gasteiger partial charge >= 0.3 is 17.8 Å². The zero-order chi connectivity index (χ0) is 21.8. The standard InChI is InChI=1S/C18H15F3N2O6/c1-10(16(24)22-13-6-4-12(5-7-13)18(19,20)21)29-17(25)11-3-8-15(28-2)14(9-11)23(26)27/h3-10H,1-2H3,(H,22,24)/t10-/m0/s1. The molecule has 0 aliphatic carbocycles. The van der Waals surface area contributed by atoms with Gasteiger partial charge in [-0.15, -0.1) is 0 Å². The number of nitro benzene ring substituents is 1. The minimum absolute atomic E-state index is 0.0559. The Morgan fingerprint density at radius 1 is 1.14 bits per heavy atom. The lowest BCUT2D eigenvalue weighted by molar-refractivity contribution is -0.385. The van der Waals surface area contributed by atoms with Gasteiger partial charge in [-0.2, -0.15) is 13.2 Å². The quantitative estimate of drug-likeness (QED) is 0.439. The number of benzene rings is 2. The summed E-state index contributed by atoms with van der Waals surface area (Å²) in [5.74, 6) is -1.84. The molecule has 0 saturated heterocycles. The molecule has 1 N–H and O–H groups in total. The lowest BCUT2D eigenvalue weighted by Crippen LogP contribution is -2.30. The Balaban J connectivity index is 2.04. The molecule has 8 nitrogen and oxygen atoms in total. The fourth-order valence-electron chi connectivity index (χ4n) is 2.23. The van der Waals surface area contributed by atoms with Gasteiger partial charge in [-0.05, 0) is 43.3 Å². The summed E-state index contributed by atoms with van der Waals surface area (Å²) in [5.41, 5.74) is -1.43. The van der Waals surface area contributed by atoms with Gasteiger partial charge in [0.2, 0.25) is 0 Å². The summed E-state index contributed by atoms with van der Waals surface area (Å²) in [6.45, 7) is 1.25. The van der Waals surface area contributed by atoms with Gasteiger partial charge in [0, 0.05) is 11.8 Å². The SMILES string of the molecule is COc1ccc(C(=O)O[C@@H](C)C(=O)Nc2ccc(C(F)(F)F)cc2)cc1[N+](=O)[O-]. The van der Waals surface area contributed by atoms with Gasteiger partial charge in [0.15, 0.2) is 11.9 Å². The van der Waals surface area contributed by atoms with E-state index in [4.69, 9.17) is 9.47 Å². The molecular weight excluding hydrogens is 397 g/mol. The highest BCUT2D eigenvalue weighted by Crippen LogP contribution is 2.30. The molecule has 29 heavy (non-hydrogen) atoms. The third-order valence-corrected chi connectivity index (χ3v) is 3.74. The second-order valence-corrected chi connectivity index (χ2v) is 5.76. The molecule has 0 spiro atoms. The van der Waals surface area contributed by atoms with Gasteiger partial charge in [-0.25, -0.2) is 4.79 Å². The number of amides is 1. The number of nitrogens with zero attached hydrogens (tertiary/aromatic N) is 1. The predicted octanol–water partition coefficient (Wildman–Crippen LogP) is 3.81. The zero-order valence-corrected chi connectivity index (χ0v) is 15.1. The van der Waals surface area contributed by atoms with Gasteiger partial charge in [0.05, 0.1) is 23.2 Å². The van der Waals surface area contributed by atoms with Crippen LogP contribution >= 0.6 is 0 Å². The van der Waals surface area contributed by atoms with E-state index in [0.717, 1.165) is 30.3 Å². The van der Waals surface area contributed by atoms with Gasteiger partial charge < -0.3 is 14.8 Å². The van der Waals surface area contributed by atoms with Crippen molar-refractivity contribution in [3.05, 3.63) is 63.7 Å². The number of alkyl halides is 3.